The lowest BCUT2D eigenvalue weighted by atomic mass is 10.2. The first-order valence-electron chi connectivity index (χ1n) is 8.61. The summed E-state index contributed by atoms with van der Waals surface area (Å²) >= 11 is 2.27. The molecule has 4 rings (SSSR count). The fourth-order valence-corrected chi connectivity index (χ4v) is 3.76. The van der Waals surface area contributed by atoms with Crippen LogP contribution in [-0.2, 0) is 6.54 Å². The molecule has 0 radical (unpaired) electrons. The summed E-state index contributed by atoms with van der Waals surface area (Å²) in [7, 11) is 1.67. The van der Waals surface area contributed by atoms with Crippen LogP contribution in [0.4, 0.5) is 11.4 Å². The number of nitrogens with zero attached hydrogens (tertiary/aromatic N) is 3. The maximum absolute atomic E-state index is 5.23. The van der Waals surface area contributed by atoms with E-state index >= 15 is 0 Å². The van der Waals surface area contributed by atoms with Crippen molar-refractivity contribution >= 4 is 45.0 Å². The first-order chi connectivity index (χ1) is 13.1. The molecule has 0 aliphatic carbocycles. The summed E-state index contributed by atoms with van der Waals surface area (Å²) in [5.74, 6) is 0.848. The number of fused-ring (bicyclic) bond motifs is 1. The number of pyridine rings is 1. The molecule has 0 amide bonds. The number of aromatic nitrogens is 3. The Morgan fingerprint density at radius 1 is 1.04 bits per heavy atom. The highest BCUT2D eigenvalue weighted by molar-refractivity contribution is 14.1. The van der Waals surface area contributed by atoms with E-state index in [0.29, 0.717) is 6.54 Å². The zero-order valence-electron chi connectivity index (χ0n) is 15.1. The molecule has 0 spiro atoms. The summed E-state index contributed by atoms with van der Waals surface area (Å²) < 4.78 is 8.10. The van der Waals surface area contributed by atoms with Gasteiger partial charge in [0, 0.05) is 11.9 Å². The van der Waals surface area contributed by atoms with Gasteiger partial charge < -0.3 is 10.1 Å². The number of methoxy groups -OCH3 is 1. The van der Waals surface area contributed by atoms with Gasteiger partial charge in [-0.2, -0.15) is 5.10 Å². The van der Waals surface area contributed by atoms with Gasteiger partial charge in [0.05, 0.1) is 24.7 Å². The maximum Gasteiger partial charge on any atom is 0.161 e. The van der Waals surface area contributed by atoms with Crippen molar-refractivity contribution in [2.45, 2.75) is 13.5 Å². The van der Waals surface area contributed by atoms with Crippen molar-refractivity contribution in [1.82, 2.24) is 14.8 Å². The van der Waals surface area contributed by atoms with Gasteiger partial charge in [-0.3, -0.25) is 0 Å². The van der Waals surface area contributed by atoms with Crippen LogP contribution < -0.4 is 10.1 Å². The Bertz CT molecular complexity index is 1070. The highest BCUT2D eigenvalue weighted by Gasteiger charge is 2.14. The number of hydrogen-bond donors (Lipinski definition) is 1. The predicted molar refractivity (Wildman–Crippen MR) is 117 cm³/mol. The summed E-state index contributed by atoms with van der Waals surface area (Å²) in [6, 6.07) is 18.4. The van der Waals surface area contributed by atoms with E-state index in [1.165, 1.54) is 5.56 Å². The van der Waals surface area contributed by atoms with Crippen molar-refractivity contribution in [2.75, 3.05) is 12.4 Å². The molecule has 0 fully saturated rings. The van der Waals surface area contributed by atoms with Crippen molar-refractivity contribution in [3.8, 4) is 5.75 Å². The Balaban J connectivity index is 1.68. The highest BCUT2D eigenvalue weighted by Crippen LogP contribution is 2.29. The van der Waals surface area contributed by atoms with Crippen LogP contribution in [0.1, 0.15) is 11.1 Å². The van der Waals surface area contributed by atoms with Crippen molar-refractivity contribution in [3.63, 3.8) is 0 Å². The molecular formula is C21H19IN4O. The van der Waals surface area contributed by atoms with Crippen molar-refractivity contribution in [3.05, 3.63) is 75.6 Å². The Morgan fingerprint density at radius 3 is 2.48 bits per heavy atom. The van der Waals surface area contributed by atoms with Gasteiger partial charge in [0.15, 0.2) is 5.65 Å². The van der Waals surface area contributed by atoms with Crippen LogP contribution in [0.3, 0.4) is 0 Å². The molecule has 1 N–H and O–H groups in total. The maximum atomic E-state index is 5.23. The Labute approximate surface area is 171 Å². The molecule has 2 aromatic carbocycles. The summed E-state index contributed by atoms with van der Waals surface area (Å²) in [6.07, 6.45) is 1.82. The zero-order chi connectivity index (χ0) is 18.8. The fraction of sp³-hybridized carbons (Fsp3) is 0.143. The summed E-state index contributed by atoms with van der Waals surface area (Å²) in [5, 5.41) is 9.24. The van der Waals surface area contributed by atoms with Crippen LogP contribution in [0.25, 0.3) is 11.0 Å². The average Bonchev–Trinajstić information content (AvgIpc) is 3.01. The van der Waals surface area contributed by atoms with E-state index in [9.17, 15) is 0 Å². The van der Waals surface area contributed by atoms with E-state index in [1.807, 2.05) is 41.2 Å². The number of benzene rings is 2. The van der Waals surface area contributed by atoms with Crippen LogP contribution >= 0.6 is 22.6 Å². The number of rotatable bonds is 5. The lowest BCUT2D eigenvalue weighted by Crippen LogP contribution is -2.03. The molecule has 0 bridgehead atoms. The van der Waals surface area contributed by atoms with E-state index < -0.39 is 0 Å². The second kappa shape index (κ2) is 7.56. The average molecular weight is 470 g/mol. The predicted octanol–water partition coefficient (Wildman–Crippen LogP) is 5.14. The molecule has 0 saturated heterocycles. The number of hydrogen-bond acceptors (Lipinski definition) is 4. The summed E-state index contributed by atoms with van der Waals surface area (Å²) in [6.45, 7) is 2.74. The topological polar surface area (TPSA) is 52.0 Å². The minimum absolute atomic E-state index is 0.657. The van der Waals surface area contributed by atoms with Gasteiger partial charge in [-0.25, -0.2) is 9.67 Å². The summed E-state index contributed by atoms with van der Waals surface area (Å²) in [4.78, 5) is 4.58. The molecule has 4 aromatic rings. The van der Waals surface area contributed by atoms with E-state index in [1.54, 1.807) is 7.11 Å². The third-order valence-electron chi connectivity index (χ3n) is 4.41. The normalized spacial score (nSPS) is 10.9. The standard InChI is InChI=1S/C21H19IN4O/c1-14-3-7-16(8-4-14)24-18-11-12-23-21-19(18)20(22)25-26(21)13-15-5-9-17(27-2)10-6-15/h3-12H,13H2,1-2H3,(H,23,24). The van der Waals surface area contributed by atoms with E-state index in [4.69, 9.17) is 9.84 Å². The van der Waals surface area contributed by atoms with Gasteiger partial charge in [0.2, 0.25) is 0 Å². The third-order valence-corrected chi connectivity index (χ3v) is 5.17. The van der Waals surface area contributed by atoms with E-state index in [0.717, 1.165) is 37.4 Å². The molecule has 136 valence electrons. The lowest BCUT2D eigenvalue weighted by Gasteiger charge is -2.09. The second-order valence-electron chi connectivity index (χ2n) is 6.34. The van der Waals surface area contributed by atoms with Gasteiger partial charge in [-0.1, -0.05) is 29.8 Å². The molecule has 0 aliphatic heterocycles. The van der Waals surface area contributed by atoms with Gasteiger partial charge in [-0.05, 0) is 65.4 Å². The van der Waals surface area contributed by atoms with Crippen LogP contribution in [0.2, 0.25) is 0 Å². The second-order valence-corrected chi connectivity index (χ2v) is 7.37. The fourth-order valence-electron chi connectivity index (χ4n) is 2.96. The minimum Gasteiger partial charge on any atom is -0.497 e. The minimum atomic E-state index is 0.657. The summed E-state index contributed by atoms with van der Waals surface area (Å²) in [5.41, 5.74) is 5.31. The lowest BCUT2D eigenvalue weighted by molar-refractivity contribution is 0.414. The van der Waals surface area contributed by atoms with Gasteiger partial charge >= 0.3 is 0 Å². The molecule has 2 aromatic heterocycles. The van der Waals surface area contributed by atoms with Crippen LogP contribution in [-0.4, -0.2) is 21.9 Å². The molecule has 27 heavy (non-hydrogen) atoms. The van der Waals surface area contributed by atoms with Crippen LogP contribution in [0.5, 0.6) is 5.75 Å². The molecule has 0 unspecified atom stereocenters. The molecule has 2 heterocycles. The first-order valence-corrected chi connectivity index (χ1v) is 9.69. The molecule has 0 aliphatic rings. The number of aryl methyl sites for hydroxylation is 1. The first kappa shape index (κ1) is 17.8. The molecular weight excluding hydrogens is 451 g/mol. The Kier molecular flexibility index (Phi) is 4.98. The number of nitrogens with one attached hydrogen (secondary N) is 1. The van der Waals surface area contributed by atoms with Crippen LogP contribution in [0.15, 0.2) is 60.8 Å². The molecule has 6 heteroatoms. The quantitative estimate of drug-likeness (QED) is 0.411. The molecule has 0 saturated carbocycles. The zero-order valence-corrected chi connectivity index (χ0v) is 17.3. The van der Waals surface area contributed by atoms with Gasteiger partial charge in [0.25, 0.3) is 0 Å². The van der Waals surface area contributed by atoms with Crippen molar-refractivity contribution in [2.24, 2.45) is 0 Å². The molecule has 5 nitrogen and oxygen atoms in total. The Morgan fingerprint density at radius 2 is 1.78 bits per heavy atom. The highest BCUT2D eigenvalue weighted by atomic mass is 127. The monoisotopic (exact) mass is 470 g/mol. The van der Waals surface area contributed by atoms with Crippen molar-refractivity contribution in [1.29, 1.82) is 0 Å². The van der Waals surface area contributed by atoms with E-state index in [2.05, 4.69) is 64.1 Å². The Hall–Kier alpha value is -2.61. The van der Waals surface area contributed by atoms with Gasteiger partial charge in [-0.15, -0.1) is 0 Å². The smallest absolute Gasteiger partial charge is 0.161 e. The number of halogens is 1. The van der Waals surface area contributed by atoms with E-state index in [-0.39, 0.29) is 0 Å². The third kappa shape index (κ3) is 3.75. The SMILES string of the molecule is COc1ccc(Cn2nc(I)c3c(Nc4ccc(C)cc4)ccnc32)cc1. The van der Waals surface area contributed by atoms with Crippen molar-refractivity contribution < 1.29 is 4.74 Å². The number of anilines is 2. The number of ether oxygens (including phenoxy) is 1. The van der Waals surface area contributed by atoms with Crippen LogP contribution in [0, 0.1) is 10.6 Å². The largest absolute Gasteiger partial charge is 0.497 e. The molecule has 0 atom stereocenters. The van der Waals surface area contributed by atoms with Gasteiger partial charge in [0.1, 0.15) is 9.45 Å².